The Kier molecular flexibility index (Phi) is 5.00. The Morgan fingerprint density at radius 3 is 2.76 bits per heavy atom. The van der Waals surface area contributed by atoms with E-state index in [1.807, 2.05) is 49.4 Å². The lowest BCUT2D eigenvalue weighted by atomic mass is 10.1. The number of rotatable bonds is 5. The number of anilines is 1. The van der Waals surface area contributed by atoms with Crippen molar-refractivity contribution in [3.05, 3.63) is 59.8 Å². The maximum absolute atomic E-state index is 12.8. The lowest BCUT2D eigenvalue weighted by Crippen LogP contribution is -2.30. The van der Waals surface area contributed by atoms with Crippen LogP contribution in [0.1, 0.15) is 12.5 Å². The van der Waals surface area contributed by atoms with Crippen molar-refractivity contribution < 1.29 is 14.3 Å². The van der Waals surface area contributed by atoms with Crippen LogP contribution < -0.4 is 19.7 Å². The summed E-state index contributed by atoms with van der Waals surface area (Å²) in [6.07, 6.45) is 1.75. The molecule has 5 nitrogen and oxygen atoms in total. The first-order chi connectivity index (χ1) is 12.1. The van der Waals surface area contributed by atoms with Gasteiger partial charge in [-0.15, -0.1) is 0 Å². The molecule has 1 N–H and O–H groups in total. The van der Waals surface area contributed by atoms with Crippen molar-refractivity contribution in [2.45, 2.75) is 6.92 Å². The molecule has 0 aliphatic carbocycles. The smallest absolute Gasteiger partial charge is 0.281 e. The molecule has 6 heteroatoms. The maximum Gasteiger partial charge on any atom is 0.281 e. The fraction of sp³-hybridized carbons (Fsp3) is 0.158. The third-order valence-corrected chi connectivity index (χ3v) is 3.99. The van der Waals surface area contributed by atoms with E-state index in [4.69, 9.17) is 21.7 Å². The molecule has 1 fully saturated rings. The minimum Gasteiger partial charge on any atom is -0.497 e. The van der Waals surface area contributed by atoms with Crippen LogP contribution in [0.2, 0.25) is 0 Å². The van der Waals surface area contributed by atoms with E-state index in [0.717, 1.165) is 11.3 Å². The van der Waals surface area contributed by atoms with Gasteiger partial charge in [-0.25, -0.2) is 0 Å². The Labute approximate surface area is 151 Å². The Bertz CT molecular complexity index is 848. The second-order valence-electron chi connectivity index (χ2n) is 5.30. The van der Waals surface area contributed by atoms with Crippen molar-refractivity contribution in [2.75, 3.05) is 18.6 Å². The summed E-state index contributed by atoms with van der Waals surface area (Å²) < 4.78 is 10.8. The van der Waals surface area contributed by atoms with Crippen LogP contribution in [0, 0.1) is 0 Å². The molecule has 1 heterocycles. The topological polar surface area (TPSA) is 50.8 Å². The Morgan fingerprint density at radius 1 is 1.20 bits per heavy atom. The van der Waals surface area contributed by atoms with Gasteiger partial charge in [0.15, 0.2) is 5.11 Å². The molecule has 1 amide bonds. The van der Waals surface area contributed by atoms with Crippen molar-refractivity contribution in [1.82, 2.24) is 5.32 Å². The van der Waals surface area contributed by atoms with Gasteiger partial charge in [0, 0.05) is 11.6 Å². The summed E-state index contributed by atoms with van der Waals surface area (Å²) in [6, 6.07) is 14.8. The highest BCUT2D eigenvalue weighted by atomic mass is 32.1. The second kappa shape index (κ2) is 7.36. The molecule has 25 heavy (non-hydrogen) atoms. The molecule has 0 bridgehead atoms. The summed E-state index contributed by atoms with van der Waals surface area (Å²) >= 11 is 5.34. The summed E-state index contributed by atoms with van der Waals surface area (Å²) in [7, 11) is 1.58. The van der Waals surface area contributed by atoms with Crippen molar-refractivity contribution in [1.29, 1.82) is 0 Å². The first kappa shape index (κ1) is 17.0. The van der Waals surface area contributed by atoms with Gasteiger partial charge in [0.05, 0.1) is 19.4 Å². The molecule has 2 aromatic carbocycles. The third-order valence-electron chi connectivity index (χ3n) is 3.71. The number of benzene rings is 2. The van der Waals surface area contributed by atoms with E-state index in [1.165, 1.54) is 4.90 Å². The van der Waals surface area contributed by atoms with Gasteiger partial charge in [-0.1, -0.05) is 24.3 Å². The SMILES string of the molecule is CCOc1ccccc1C=C1NC(=S)N(c2cccc(OC)c2)C1=O. The molecule has 1 aliphatic heterocycles. The van der Waals surface area contributed by atoms with E-state index in [2.05, 4.69) is 5.32 Å². The molecule has 0 spiro atoms. The van der Waals surface area contributed by atoms with E-state index in [1.54, 1.807) is 19.3 Å². The summed E-state index contributed by atoms with van der Waals surface area (Å²) in [5, 5.41) is 3.31. The average Bonchev–Trinajstić information content (AvgIpc) is 2.90. The fourth-order valence-electron chi connectivity index (χ4n) is 2.56. The van der Waals surface area contributed by atoms with Crippen LogP contribution in [0.4, 0.5) is 5.69 Å². The summed E-state index contributed by atoms with van der Waals surface area (Å²) in [5.74, 6) is 1.16. The van der Waals surface area contributed by atoms with Gasteiger partial charge in [-0.3, -0.25) is 9.69 Å². The molecule has 128 valence electrons. The largest absolute Gasteiger partial charge is 0.497 e. The zero-order valence-corrected chi connectivity index (χ0v) is 14.8. The Morgan fingerprint density at radius 2 is 2.00 bits per heavy atom. The number of amides is 1. The number of methoxy groups -OCH3 is 1. The molecule has 3 rings (SSSR count). The number of para-hydroxylation sites is 1. The zero-order valence-electron chi connectivity index (χ0n) is 14.0. The predicted octanol–water partition coefficient (Wildman–Crippen LogP) is 3.36. The van der Waals surface area contributed by atoms with E-state index in [-0.39, 0.29) is 5.91 Å². The summed E-state index contributed by atoms with van der Waals surface area (Å²) in [5.41, 5.74) is 1.87. The van der Waals surface area contributed by atoms with Gasteiger partial charge < -0.3 is 14.8 Å². The number of hydrogen-bond donors (Lipinski definition) is 1. The van der Waals surface area contributed by atoms with Crippen LogP contribution in [-0.2, 0) is 4.79 Å². The zero-order chi connectivity index (χ0) is 17.8. The van der Waals surface area contributed by atoms with E-state index in [0.29, 0.717) is 28.9 Å². The van der Waals surface area contributed by atoms with Crippen LogP contribution in [0.25, 0.3) is 6.08 Å². The van der Waals surface area contributed by atoms with Gasteiger partial charge in [0.25, 0.3) is 5.91 Å². The van der Waals surface area contributed by atoms with Crippen LogP contribution in [0.15, 0.2) is 54.2 Å². The van der Waals surface area contributed by atoms with Crippen LogP contribution in [0.3, 0.4) is 0 Å². The summed E-state index contributed by atoms with van der Waals surface area (Å²) in [6.45, 7) is 2.47. The highest BCUT2D eigenvalue weighted by Gasteiger charge is 2.32. The quantitative estimate of drug-likeness (QED) is 0.659. The van der Waals surface area contributed by atoms with Gasteiger partial charge in [-0.05, 0) is 43.4 Å². The van der Waals surface area contributed by atoms with E-state index >= 15 is 0 Å². The lowest BCUT2D eigenvalue weighted by molar-refractivity contribution is -0.113. The van der Waals surface area contributed by atoms with Gasteiger partial charge in [0.1, 0.15) is 17.2 Å². The predicted molar refractivity (Wildman–Crippen MR) is 102 cm³/mol. The lowest BCUT2D eigenvalue weighted by Gasteiger charge is -2.14. The second-order valence-corrected chi connectivity index (χ2v) is 5.69. The standard InChI is InChI=1S/C19H18N2O3S/c1-3-24-17-10-5-4-7-13(17)11-16-18(22)21(19(25)20-16)14-8-6-9-15(12-14)23-2/h4-12H,3H2,1-2H3,(H,20,25). The van der Waals surface area contributed by atoms with Crippen molar-refractivity contribution in [2.24, 2.45) is 0 Å². The minimum atomic E-state index is -0.218. The molecule has 0 radical (unpaired) electrons. The molecule has 2 aromatic rings. The molecule has 0 unspecified atom stereocenters. The molecule has 1 aliphatic rings. The molecule has 1 saturated heterocycles. The number of carbonyl (C=O) groups excluding carboxylic acids is 1. The monoisotopic (exact) mass is 354 g/mol. The Hall–Kier alpha value is -2.86. The first-order valence-electron chi connectivity index (χ1n) is 7.87. The van der Waals surface area contributed by atoms with Crippen LogP contribution in [0.5, 0.6) is 11.5 Å². The molecular formula is C19H18N2O3S. The van der Waals surface area contributed by atoms with Crippen LogP contribution in [-0.4, -0.2) is 24.7 Å². The normalized spacial score (nSPS) is 15.4. The van der Waals surface area contributed by atoms with Crippen molar-refractivity contribution >= 4 is 35.0 Å². The van der Waals surface area contributed by atoms with Gasteiger partial charge in [-0.2, -0.15) is 0 Å². The average molecular weight is 354 g/mol. The maximum atomic E-state index is 12.8. The molecule has 0 aromatic heterocycles. The third kappa shape index (κ3) is 3.49. The van der Waals surface area contributed by atoms with Crippen molar-refractivity contribution in [3.8, 4) is 11.5 Å². The van der Waals surface area contributed by atoms with Gasteiger partial charge >= 0.3 is 0 Å². The number of nitrogens with zero attached hydrogens (tertiary/aromatic N) is 1. The number of ether oxygens (including phenoxy) is 2. The molecular weight excluding hydrogens is 336 g/mol. The molecule has 0 saturated carbocycles. The fourth-order valence-corrected chi connectivity index (χ4v) is 2.86. The number of nitrogens with one attached hydrogen (secondary N) is 1. The minimum absolute atomic E-state index is 0.218. The van der Waals surface area contributed by atoms with Crippen LogP contribution >= 0.6 is 12.2 Å². The van der Waals surface area contributed by atoms with E-state index in [9.17, 15) is 4.79 Å². The molecule has 0 atom stereocenters. The number of thiocarbonyl (C=S) groups is 1. The number of hydrogen-bond acceptors (Lipinski definition) is 4. The first-order valence-corrected chi connectivity index (χ1v) is 8.28. The van der Waals surface area contributed by atoms with E-state index < -0.39 is 0 Å². The highest BCUT2D eigenvalue weighted by molar-refractivity contribution is 7.80. The summed E-state index contributed by atoms with van der Waals surface area (Å²) in [4.78, 5) is 14.3. The van der Waals surface area contributed by atoms with Gasteiger partial charge in [0.2, 0.25) is 0 Å². The number of carbonyl (C=O) groups is 1. The van der Waals surface area contributed by atoms with Crippen molar-refractivity contribution in [3.63, 3.8) is 0 Å². The highest BCUT2D eigenvalue weighted by Crippen LogP contribution is 2.27. The Balaban J connectivity index is 1.93.